The largest absolute Gasteiger partial charge is 0.454 e. The third-order valence-electron chi connectivity index (χ3n) is 2.53. The molecule has 17 heavy (non-hydrogen) atoms. The van der Waals surface area contributed by atoms with Crippen LogP contribution < -0.4 is 14.8 Å². The van der Waals surface area contributed by atoms with Crippen LogP contribution in [0.3, 0.4) is 0 Å². The van der Waals surface area contributed by atoms with Crippen LogP contribution in [0.15, 0.2) is 12.1 Å². The second-order valence-corrected chi connectivity index (χ2v) is 3.72. The molecule has 0 aliphatic carbocycles. The molecule has 2 N–H and O–H groups in total. The number of ether oxygens (including phenoxy) is 2. The van der Waals surface area contributed by atoms with Gasteiger partial charge in [0.25, 0.3) is 6.43 Å². The molecule has 0 fully saturated rings. The Balaban J connectivity index is 2.42. The van der Waals surface area contributed by atoms with Gasteiger partial charge in [-0.2, -0.15) is 0 Å². The van der Waals surface area contributed by atoms with Crippen molar-refractivity contribution in [3.63, 3.8) is 0 Å². The maximum absolute atomic E-state index is 12.7. The number of aliphatic hydroxyl groups is 1. The maximum Gasteiger partial charge on any atom is 0.263 e. The highest BCUT2D eigenvalue weighted by Gasteiger charge is 2.25. The normalized spacial score (nSPS) is 15.4. The summed E-state index contributed by atoms with van der Waals surface area (Å²) in [6.45, 7) is 0.240. The van der Waals surface area contributed by atoms with Gasteiger partial charge in [0.05, 0.1) is 6.10 Å². The highest BCUT2D eigenvalue weighted by molar-refractivity contribution is 5.52. The van der Waals surface area contributed by atoms with E-state index < -0.39 is 12.5 Å². The van der Waals surface area contributed by atoms with E-state index in [1.54, 1.807) is 7.05 Å². The van der Waals surface area contributed by atoms with Crippen LogP contribution in [0.2, 0.25) is 0 Å². The Kier molecular flexibility index (Phi) is 3.44. The minimum Gasteiger partial charge on any atom is -0.454 e. The lowest BCUT2D eigenvalue weighted by Gasteiger charge is -2.14. The molecule has 2 rings (SSSR count). The molecule has 0 bridgehead atoms. The molecule has 1 heterocycles. The number of alkyl halides is 2. The topological polar surface area (TPSA) is 50.7 Å². The number of hydrogen-bond donors (Lipinski definition) is 2. The number of fused-ring (bicyclic) bond motifs is 1. The van der Waals surface area contributed by atoms with Gasteiger partial charge in [0.15, 0.2) is 11.5 Å². The fraction of sp³-hybridized carbons (Fsp3) is 0.455. The van der Waals surface area contributed by atoms with E-state index in [0.717, 1.165) is 0 Å². The van der Waals surface area contributed by atoms with Gasteiger partial charge in [-0.05, 0) is 19.2 Å². The van der Waals surface area contributed by atoms with Gasteiger partial charge in [0, 0.05) is 17.7 Å². The Hall–Kier alpha value is -1.40. The van der Waals surface area contributed by atoms with Gasteiger partial charge in [-0.25, -0.2) is 8.78 Å². The van der Waals surface area contributed by atoms with Gasteiger partial charge in [0.1, 0.15) is 0 Å². The molecule has 94 valence electrons. The number of hydrogen-bond acceptors (Lipinski definition) is 4. The van der Waals surface area contributed by atoms with Crippen LogP contribution >= 0.6 is 0 Å². The molecule has 1 aromatic carbocycles. The van der Waals surface area contributed by atoms with Crippen molar-refractivity contribution < 1.29 is 23.4 Å². The molecule has 0 saturated carbocycles. The zero-order valence-electron chi connectivity index (χ0n) is 9.24. The lowest BCUT2D eigenvalue weighted by atomic mass is 10.0. The van der Waals surface area contributed by atoms with Crippen LogP contribution in [0.25, 0.3) is 0 Å². The van der Waals surface area contributed by atoms with E-state index >= 15 is 0 Å². The average Bonchev–Trinajstić information content (AvgIpc) is 2.75. The highest BCUT2D eigenvalue weighted by Crippen LogP contribution is 2.41. The summed E-state index contributed by atoms with van der Waals surface area (Å²) in [6.07, 6.45) is -3.51. The molecule has 6 heteroatoms. The van der Waals surface area contributed by atoms with Gasteiger partial charge in [-0.15, -0.1) is 0 Å². The third kappa shape index (κ3) is 2.32. The van der Waals surface area contributed by atoms with Crippen molar-refractivity contribution in [1.29, 1.82) is 0 Å². The molecule has 0 amide bonds. The lowest BCUT2D eigenvalue weighted by Crippen LogP contribution is -2.17. The van der Waals surface area contributed by atoms with E-state index in [0.29, 0.717) is 11.3 Å². The number of aliphatic hydroxyl groups excluding tert-OH is 1. The minimum atomic E-state index is -2.61. The Morgan fingerprint density at radius 1 is 1.41 bits per heavy atom. The molecule has 1 aliphatic rings. The molecule has 1 unspecified atom stereocenters. The zero-order valence-corrected chi connectivity index (χ0v) is 9.24. The predicted molar refractivity (Wildman–Crippen MR) is 56.4 cm³/mol. The van der Waals surface area contributed by atoms with Crippen molar-refractivity contribution in [2.75, 3.05) is 20.4 Å². The minimum absolute atomic E-state index is 0.0126. The summed E-state index contributed by atoms with van der Waals surface area (Å²) in [5.41, 5.74) is 0.143. The van der Waals surface area contributed by atoms with Crippen LogP contribution in [0.4, 0.5) is 8.78 Å². The van der Waals surface area contributed by atoms with E-state index in [2.05, 4.69) is 5.32 Å². The quantitative estimate of drug-likeness (QED) is 0.846. The maximum atomic E-state index is 12.7. The summed E-state index contributed by atoms with van der Waals surface area (Å²) in [5.74, 6) is 0.602. The number of benzene rings is 1. The molecular formula is C11H13F2NO3. The molecule has 0 radical (unpaired) electrons. The standard InChI is InChI=1S/C11H13F2NO3/c1-14-4-8(15)7-2-6(11(12)13)3-9-10(7)17-5-16-9/h2-3,8,11,14-15H,4-5H2,1H3. The highest BCUT2D eigenvalue weighted by atomic mass is 19.3. The van der Waals surface area contributed by atoms with Crippen molar-refractivity contribution in [2.45, 2.75) is 12.5 Å². The summed E-state index contributed by atoms with van der Waals surface area (Å²) < 4.78 is 35.6. The molecule has 1 atom stereocenters. The van der Waals surface area contributed by atoms with Gasteiger partial charge in [-0.3, -0.25) is 0 Å². The first-order chi connectivity index (χ1) is 8.13. The fourth-order valence-corrected chi connectivity index (χ4v) is 1.74. The van der Waals surface area contributed by atoms with Crippen molar-refractivity contribution >= 4 is 0 Å². The summed E-state index contributed by atoms with van der Waals surface area (Å²) in [5, 5.41) is 12.6. The Morgan fingerprint density at radius 2 is 2.18 bits per heavy atom. The molecule has 4 nitrogen and oxygen atoms in total. The van der Waals surface area contributed by atoms with Crippen LogP contribution in [0.1, 0.15) is 23.7 Å². The van der Waals surface area contributed by atoms with E-state index in [1.807, 2.05) is 0 Å². The Bertz CT molecular complexity index is 412. The van der Waals surface area contributed by atoms with Crippen molar-refractivity contribution in [1.82, 2.24) is 5.32 Å². The summed E-state index contributed by atoms with van der Waals surface area (Å²) in [6, 6.07) is 2.49. The molecule has 0 saturated heterocycles. The molecule has 0 spiro atoms. The van der Waals surface area contributed by atoms with E-state index in [-0.39, 0.29) is 24.7 Å². The van der Waals surface area contributed by atoms with Crippen LogP contribution in [-0.2, 0) is 0 Å². The third-order valence-corrected chi connectivity index (χ3v) is 2.53. The lowest BCUT2D eigenvalue weighted by molar-refractivity contribution is 0.149. The summed E-state index contributed by atoms with van der Waals surface area (Å²) in [4.78, 5) is 0. The number of nitrogens with one attached hydrogen (secondary N) is 1. The summed E-state index contributed by atoms with van der Waals surface area (Å²) in [7, 11) is 1.66. The van der Waals surface area contributed by atoms with E-state index in [1.165, 1.54) is 12.1 Å². The molecule has 1 aliphatic heterocycles. The van der Waals surface area contributed by atoms with Crippen LogP contribution in [-0.4, -0.2) is 25.5 Å². The zero-order chi connectivity index (χ0) is 12.4. The Morgan fingerprint density at radius 3 is 2.82 bits per heavy atom. The second kappa shape index (κ2) is 4.85. The van der Waals surface area contributed by atoms with Gasteiger partial charge in [-0.1, -0.05) is 0 Å². The van der Waals surface area contributed by atoms with Gasteiger partial charge < -0.3 is 19.9 Å². The van der Waals surface area contributed by atoms with Crippen molar-refractivity contribution in [3.05, 3.63) is 23.3 Å². The van der Waals surface area contributed by atoms with Crippen molar-refractivity contribution in [2.24, 2.45) is 0 Å². The van der Waals surface area contributed by atoms with E-state index in [4.69, 9.17) is 9.47 Å². The Labute approximate surface area is 97.2 Å². The molecule has 1 aromatic rings. The first kappa shape index (κ1) is 12.1. The smallest absolute Gasteiger partial charge is 0.263 e. The second-order valence-electron chi connectivity index (χ2n) is 3.72. The number of likely N-dealkylation sites (N-methyl/N-ethyl adjacent to an activating group) is 1. The van der Waals surface area contributed by atoms with Crippen LogP contribution in [0, 0.1) is 0 Å². The first-order valence-electron chi connectivity index (χ1n) is 5.17. The van der Waals surface area contributed by atoms with Gasteiger partial charge in [0.2, 0.25) is 6.79 Å². The molecular weight excluding hydrogens is 232 g/mol. The number of halogens is 2. The average molecular weight is 245 g/mol. The summed E-state index contributed by atoms with van der Waals surface area (Å²) >= 11 is 0. The number of rotatable bonds is 4. The predicted octanol–water partition coefficient (Wildman–Crippen LogP) is 1.61. The van der Waals surface area contributed by atoms with Crippen molar-refractivity contribution in [3.8, 4) is 11.5 Å². The fourth-order valence-electron chi connectivity index (χ4n) is 1.74. The molecule has 0 aromatic heterocycles. The van der Waals surface area contributed by atoms with E-state index in [9.17, 15) is 13.9 Å². The van der Waals surface area contributed by atoms with Crippen LogP contribution in [0.5, 0.6) is 11.5 Å². The van der Waals surface area contributed by atoms with Gasteiger partial charge >= 0.3 is 0 Å². The first-order valence-corrected chi connectivity index (χ1v) is 5.17. The SMILES string of the molecule is CNCC(O)c1cc(C(F)F)cc2c1OCO2. The monoisotopic (exact) mass is 245 g/mol.